The van der Waals surface area contributed by atoms with Crippen LogP contribution < -0.4 is 0 Å². The lowest BCUT2D eigenvalue weighted by atomic mass is 10.3. The van der Waals surface area contributed by atoms with E-state index in [1.54, 1.807) is 0 Å². The van der Waals surface area contributed by atoms with Crippen LogP contribution in [0, 0.1) is 0 Å². The van der Waals surface area contributed by atoms with E-state index in [0.29, 0.717) is 6.61 Å². The van der Waals surface area contributed by atoms with Crippen LogP contribution in [-0.4, -0.2) is 29.5 Å². The molecule has 3 heteroatoms. The zero-order valence-electron chi connectivity index (χ0n) is 7.48. The number of aliphatic hydroxyl groups excluding tert-OH is 1. The Labute approximate surface area is 79.1 Å². The van der Waals surface area contributed by atoms with Crippen LogP contribution in [0.4, 0.5) is 0 Å². The van der Waals surface area contributed by atoms with E-state index in [1.165, 1.54) is 25.0 Å². The first-order chi connectivity index (χ1) is 5.12. The molecule has 0 aliphatic heterocycles. The van der Waals surface area contributed by atoms with Crippen LogP contribution in [0.25, 0.3) is 0 Å². The van der Waals surface area contributed by atoms with E-state index in [2.05, 4.69) is 28.0 Å². The topological polar surface area (TPSA) is 20.2 Å². The second kappa shape index (κ2) is 6.32. The van der Waals surface area contributed by atoms with Crippen LogP contribution in [0.15, 0.2) is 0 Å². The van der Waals surface area contributed by atoms with Gasteiger partial charge in [0.05, 0.1) is 6.61 Å². The summed E-state index contributed by atoms with van der Waals surface area (Å²) in [6, 6.07) is 0. The van der Waals surface area contributed by atoms with Gasteiger partial charge in [-0.2, -0.15) is 8.46 Å². The molecule has 1 unspecified atom stereocenters. The smallest absolute Gasteiger partial charge is 0.0514 e. The summed E-state index contributed by atoms with van der Waals surface area (Å²) >= 11 is 3.70. The molecule has 0 saturated heterocycles. The molecule has 0 rings (SSSR count). The van der Waals surface area contributed by atoms with Crippen molar-refractivity contribution in [2.24, 2.45) is 0 Å². The van der Waals surface area contributed by atoms with Gasteiger partial charge in [-0.05, 0) is 33.2 Å². The molecule has 1 nitrogen and oxygen atoms in total. The Balaban J connectivity index is 3.38. The summed E-state index contributed by atoms with van der Waals surface area (Å²) < 4.78 is 0. The predicted octanol–water partition coefficient (Wildman–Crippen LogP) is 2.91. The van der Waals surface area contributed by atoms with Crippen molar-refractivity contribution in [1.29, 1.82) is 0 Å². The third-order valence-electron chi connectivity index (χ3n) is 1.69. The number of rotatable bonds is 6. The predicted molar refractivity (Wildman–Crippen MR) is 58.8 cm³/mol. The van der Waals surface area contributed by atoms with Gasteiger partial charge >= 0.3 is 0 Å². The highest BCUT2D eigenvalue weighted by Gasteiger charge is 2.11. The summed E-state index contributed by atoms with van der Waals surface area (Å²) in [5.74, 6) is 2.19. The van der Waals surface area contributed by atoms with Crippen molar-refractivity contribution < 1.29 is 5.11 Å². The zero-order chi connectivity index (χ0) is 8.74. The third-order valence-corrected chi connectivity index (χ3v) is 5.81. The van der Waals surface area contributed by atoms with Crippen molar-refractivity contribution in [2.45, 2.75) is 26.2 Å². The summed E-state index contributed by atoms with van der Waals surface area (Å²) in [5.41, 5.74) is 0. The Morgan fingerprint density at radius 2 is 1.91 bits per heavy atom. The van der Waals surface area contributed by atoms with E-state index in [0.717, 1.165) is 5.75 Å². The number of unbranched alkanes of at least 4 members (excludes halogenated alkanes) is 2. The summed E-state index contributed by atoms with van der Waals surface area (Å²) in [6.07, 6.45) is 6.13. The van der Waals surface area contributed by atoms with Crippen LogP contribution in [0.1, 0.15) is 26.2 Å². The zero-order valence-corrected chi connectivity index (χ0v) is 9.88. The maximum absolute atomic E-state index is 8.75. The molecule has 0 aromatic heterocycles. The molecule has 0 fully saturated rings. The molecule has 0 aliphatic rings. The Morgan fingerprint density at radius 1 is 1.27 bits per heavy atom. The minimum atomic E-state index is -0.641. The molecule has 0 amide bonds. The summed E-state index contributed by atoms with van der Waals surface area (Å²) in [4.78, 5) is 0. The number of aliphatic hydroxyl groups is 1. The Bertz CT molecular complexity index is 96.1. The molecule has 0 aliphatic carbocycles. The average molecular weight is 243 g/mol. The van der Waals surface area contributed by atoms with Gasteiger partial charge in [0, 0.05) is 5.75 Å². The van der Waals surface area contributed by atoms with Crippen LogP contribution >= 0.6 is 23.3 Å². The maximum atomic E-state index is 8.75. The molecule has 70 valence electrons. The molecule has 0 radical (unpaired) electrons. The fourth-order valence-corrected chi connectivity index (χ4v) is 3.46. The largest absolute Gasteiger partial charge is 0.396 e. The van der Waals surface area contributed by atoms with E-state index in [4.69, 9.17) is 5.11 Å². The molecule has 1 atom stereocenters. The monoisotopic (exact) mass is 242 g/mol. The molecule has 0 aromatic rings. The average Bonchev–Trinajstić information content (AvgIpc) is 1.87. The Kier molecular flexibility index (Phi) is 6.78. The molecule has 0 saturated carbocycles. The first kappa shape index (κ1) is 11.8. The number of hydrogen-bond donors (Lipinski definition) is 1. The van der Waals surface area contributed by atoms with Crippen LogP contribution in [0.2, 0.25) is 0 Å². The molecule has 11 heavy (non-hydrogen) atoms. The van der Waals surface area contributed by atoms with Gasteiger partial charge in [0.2, 0.25) is 0 Å². The van der Waals surface area contributed by atoms with Crippen molar-refractivity contribution >= 4 is 23.3 Å². The highest BCUT2D eigenvalue weighted by Crippen LogP contribution is 2.52. The molecule has 0 heterocycles. The van der Waals surface area contributed by atoms with E-state index in [9.17, 15) is 0 Å². The first-order valence-corrected chi connectivity index (χ1v) is 8.39. The van der Waals surface area contributed by atoms with E-state index >= 15 is 0 Å². The molecule has 1 N–H and O–H groups in total. The summed E-state index contributed by atoms with van der Waals surface area (Å²) in [6.45, 7) is 2.54. The number of halogens is 1. The van der Waals surface area contributed by atoms with Crippen molar-refractivity contribution in [2.75, 3.05) is 24.4 Å². The van der Waals surface area contributed by atoms with Crippen molar-refractivity contribution in [3.8, 4) is 0 Å². The molecular weight excluding hydrogens is 224 g/mol. The lowest BCUT2D eigenvalue weighted by Gasteiger charge is -2.27. The van der Waals surface area contributed by atoms with Crippen LogP contribution in [0.3, 0.4) is 0 Å². The molecular formula is C8H19BrOS. The van der Waals surface area contributed by atoms with Crippen LogP contribution in [-0.2, 0) is 0 Å². The SMILES string of the molecule is CCCCCS(C)(Br)CCO. The quantitative estimate of drug-likeness (QED) is 0.711. The molecule has 0 bridgehead atoms. The normalized spacial score (nSPS) is 19.3. The number of hydrogen-bond acceptors (Lipinski definition) is 1. The Hall–Kier alpha value is 0.790. The van der Waals surface area contributed by atoms with E-state index < -0.39 is 8.46 Å². The van der Waals surface area contributed by atoms with Gasteiger partial charge in [0.1, 0.15) is 0 Å². The minimum absolute atomic E-state index is 0.323. The third kappa shape index (κ3) is 7.16. The lowest BCUT2D eigenvalue weighted by molar-refractivity contribution is 0.322. The van der Waals surface area contributed by atoms with Crippen LogP contribution in [0.5, 0.6) is 0 Å². The Morgan fingerprint density at radius 3 is 2.36 bits per heavy atom. The van der Waals surface area contributed by atoms with Crippen molar-refractivity contribution in [3.05, 3.63) is 0 Å². The lowest BCUT2D eigenvalue weighted by Crippen LogP contribution is -2.04. The fraction of sp³-hybridized carbons (Fsp3) is 1.00. The second-order valence-electron chi connectivity index (χ2n) is 2.99. The summed E-state index contributed by atoms with van der Waals surface area (Å²) in [5, 5.41) is 8.75. The molecule has 0 spiro atoms. The van der Waals surface area contributed by atoms with Gasteiger partial charge in [0.15, 0.2) is 0 Å². The van der Waals surface area contributed by atoms with Gasteiger partial charge in [0.25, 0.3) is 0 Å². The van der Waals surface area contributed by atoms with Gasteiger partial charge in [-0.25, -0.2) is 0 Å². The van der Waals surface area contributed by atoms with Gasteiger partial charge in [-0.1, -0.05) is 19.8 Å². The minimum Gasteiger partial charge on any atom is -0.396 e. The second-order valence-corrected chi connectivity index (χ2v) is 10.8. The van der Waals surface area contributed by atoms with E-state index in [1.807, 2.05) is 0 Å². The van der Waals surface area contributed by atoms with E-state index in [-0.39, 0.29) is 0 Å². The molecule has 0 aromatic carbocycles. The van der Waals surface area contributed by atoms with Crippen molar-refractivity contribution in [1.82, 2.24) is 0 Å². The highest BCUT2D eigenvalue weighted by molar-refractivity contribution is 9.58. The first-order valence-electron chi connectivity index (χ1n) is 4.16. The van der Waals surface area contributed by atoms with Crippen molar-refractivity contribution in [3.63, 3.8) is 0 Å². The van der Waals surface area contributed by atoms with Gasteiger partial charge in [-0.15, -0.1) is 0 Å². The standard InChI is InChI=1S/C8H19BrOS/c1-3-4-5-7-11(2,9)8-6-10/h10H,3-8H2,1-2H3. The van der Waals surface area contributed by atoms with Gasteiger partial charge in [-0.3, -0.25) is 0 Å². The van der Waals surface area contributed by atoms with Gasteiger partial charge < -0.3 is 5.11 Å². The maximum Gasteiger partial charge on any atom is 0.0514 e. The summed E-state index contributed by atoms with van der Waals surface area (Å²) in [7, 11) is -0.641. The fourth-order valence-electron chi connectivity index (χ4n) is 0.945. The highest BCUT2D eigenvalue weighted by atomic mass is 79.9.